The number of hydrogen-bond acceptors (Lipinski definition) is 5. The summed E-state index contributed by atoms with van der Waals surface area (Å²) in [5, 5.41) is 0. The number of carbonyl (C=O) groups excluding carboxylic acids is 3. The van der Waals surface area contributed by atoms with Gasteiger partial charge in [-0.05, 0) is 56.3 Å². The van der Waals surface area contributed by atoms with E-state index in [4.69, 9.17) is 9.47 Å². The van der Waals surface area contributed by atoms with Gasteiger partial charge in [-0.3, -0.25) is 14.4 Å². The van der Waals surface area contributed by atoms with Gasteiger partial charge in [0.15, 0.2) is 6.61 Å². The molecule has 0 saturated carbocycles. The number of para-hydroxylation sites is 2. The Morgan fingerprint density at radius 1 is 1.09 bits per heavy atom. The third kappa shape index (κ3) is 4.44. The first-order chi connectivity index (χ1) is 16.3. The third-order valence-electron chi connectivity index (χ3n) is 6.00. The van der Waals surface area contributed by atoms with E-state index in [-0.39, 0.29) is 30.5 Å². The van der Waals surface area contributed by atoms with E-state index in [1.165, 1.54) is 24.1 Å². The maximum Gasteiger partial charge on any atom is 0.311 e. The first-order valence-electron chi connectivity index (χ1n) is 10.9. The Balaban J connectivity index is 1.42. The SMILES string of the molecule is COc1ccccc1N1C[C@H](C(=O)OCC(=O)c2cc(C)n(-c3ccc(F)cc3)c2C)CC1=O. The predicted molar refractivity (Wildman–Crippen MR) is 124 cm³/mol. The monoisotopic (exact) mass is 464 g/mol. The van der Waals surface area contributed by atoms with Crippen LogP contribution in [0.5, 0.6) is 5.75 Å². The lowest BCUT2D eigenvalue weighted by Gasteiger charge is -2.19. The van der Waals surface area contributed by atoms with E-state index >= 15 is 0 Å². The number of aryl methyl sites for hydroxylation is 1. The molecule has 176 valence electrons. The van der Waals surface area contributed by atoms with Crippen LogP contribution in [0.15, 0.2) is 54.6 Å². The van der Waals surface area contributed by atoms with Gasteiger partial charge in [-0.2, -0.15) is 0 Å². The van der Waals surface area contributed by atoms with Crippen LogP contribution in [0, 0.1) is 25.6 Å². The van der Waals surface area contributed by atoms with Gasteiger partial charge in [-0.1, -0.05) is 12.1 Å². The molecule has 1 saturated heterocycles. The smallest absolute Gasteiger partial charge is 0.311 e. The summed E-state index contributed by atoms with van der Waals surface area (Å²) in [5.74, 6) is -1.62. The standard InChI is InChI=1S/C26H25FN2O5/c1-16-12-21(17(2)29(16)20-10-8-19(27)9-11-20)23(30)15-34-26(32)18-13-25(31)28(14-18)22-6-4-5-7-24(22)33-3/h4-12,18H,13-15H2,1-3H3/t18-/m1/s1. The molecule has 0 aliphatic carbocycles. The molecule has 34 heavy (non-hydrogen) atoms. The molecular formula is C26H25FN2O5. The number of Topliss-reactive ketones (excluding diaryl/α,β-unsaturated/α-hetero) is 1. The van der Waals surface area contributed by atoms with Crippen molar-refractivity contribution in [1.82, 2.24) is 4.57 Å². The Morgan fingerprint density at radius 3 is 2.50 bits per heavy atom. The Labute approximate surface area is 196 Å². The molecule has 0 spiro atoms. The van der Waals surface area contributed by atoms with Gasteiger partial charge in [0.2, 0.25) is 11.7 Å². The number of rotatable bonds is 7. The van der Waals surface area contributed by atoms with Crippen molar-refractivity contribution in [3.05, 3.63) is 77.4 Å². The Kier molecular flexibility index (Phi) is 6.49. The average Bonchev–Trinajstić information content (AvgIpc) is 3.37. The lowest BCUT2D eigenvalue weighted by atomic mass is 10.1. The molecule has 8 heteroatoms. The second kappa shape index (κ2) is 9.51. The molecule has 1 aliphatic heterocycles. The van der Waals surface area contributed by atoms with Gasteiger partial charge in [0, 0.05) is 35.6 Å². The van der Waals surface area contributed by atoms with Crippen LogP contribution in [0.25, 0.3) is 5.69 Å². The number of anilines is 1. The molecule has 2 heterocycles. The van der Waals surface area contributed by atoms with Crippen molar-refractivity contribution in [3.63, 3.8) is 0 Å². The minimum Gasteiger partial charge on any atom is -0.495 e. The fourth-order valence-corrected chi connectivity index (χ4v) is 4.32. The van der Waals surface area contributed by atoms with Crippen LogP contribution in [0.1, 0.15) is 28.2 Å². The van der Waals surface area contributed by atoms with E-state index < -0.39 is 18.5 Å². The number of hydrogen-bond donors (Lipinski definition) is 0. The lowest BCUT2D eigenvalue weighted by Crippen LogP contribution is -2.27. The molecule has 1 atom stereocenters. The van der Waals surface area contributed by atoms with Crippen LogP contribution in [-0.4, -0.2) is 42.5 Å². The van der Waals surface area contributed by atoms with E-state index in [1.807, 2.05) is 11.5 Å². The number of esters is 1. The van der Waals surface area contributed by atoms with Gasteiger partial charge in [-0.15, -0.1) is 0 Å². The molecule has 0 N–H and O–H groups in total. The number of aromatic nitrogens is 1. The normalized spacial score (nSPS) is 15.5. The Bertz CT molecular complexity index is 1250. The number of amides is 1. The van der Waals surface area contributed by atoms with Gasteiger partial charge in [0.05, 0.1) is 18.7 Å². The van der Waals surface area contributed by atoms with Crippen LogP contribution >= 0.6 is 0 Å². The van der Waals surface area contributed by atoms with Crippen molar-refractivity contribution in [3.8, 4) is 11.4 Å². The molecular weight excluding hydrogens is 439 g/mol. The molecule has 1 amide bonds. The van der Waals surface area contributed by atoms with Crippen LogP contribution in [0.3, 0.4) is 0 Å². The number of carbonyl (C=O) groups is 3. The van der Waals surface area contributed by atoms with Gasteiger partial charge < -0.3 is 18.9 Å². The topological polar surface area (TPSA) is 77.8 Å². The lowest BCUT2D eigenvalue weighted by molar-refractivity contribution is -0.147. The highest BCUT2D eigenvalue weighted by Gasteiger charge is 2.37. The first-order valence-corrected chi connectivity index (χ1v) is 10.9. The zero-order valence-electron chi connectivity index (χ0n) is 19.2. The van der Waals surface area contributed by atoms with E-state index in [0.29, 0.717) is 22.7 Å². The molecule has 1 aliphatic rings. The van der Waals surface area contributed by atoms with Gasteiger partial charge >= 0.3 is 5.97 Å². The maximum absolute atomic E-state index is 13.3. The fourth-order valence-electron chi connectivity index (χ4n) is 4.32. The molecule has 2 aromatic carbocycles. The van der Waals surface area contributed by atoms with Crippen molar-refractivity contribution in [2.24, 2.45) is 5.92 Å². The zero-order chi connectivity index (χ0) is 24.4. The maximum atomic E-state index is 13.3. The predicted octanol–water partition coefficient (Wildman–Crippen LogP) is 4.02. The summed E-state index contributed by atoms with van der Waals surface area (Å²) in [5.41, 5.74) is 3.21. The van der Waals surface area contributed by atoms with Gasteiger partial charge in [0.25, 0.3) is 0 Å². The molecule has 0 unspecified atom stereocenters. The minimum absolute atomic E-state index is 0.00412. The summed E-state index contributed by atoms with van der Waals surface area (Å²) in [6.07, 6.45) is 0.00412. The summed E-state index contributed by atoms with van der Waals surface area (Å²) in [6.45, 7) is 3.36. The fraction of sp³-hybridized carbons (Fsp3) is 0.269. The number of ether oxygens (including phenoxy) is 2. The summed E-state index contributed by atoms with van der Waals surface area (Å²) >= 11 is 0. The molecule has 7 nitrogen and oxygen atoms in total. The molecule has 4 rings (SSSR count). The van der Waals surface area contributed by atoms with E-state index in [1.54, 1.807) is 49.4 Å². The van der Waals surface area contributed by atoms with Crippen molar-refractivity contribution < 1.29 is 28.2 Å². The molecule has 3 aromatic rings. The largest absolute Gasteiger partial charge is 0.495 e. The zero-order valence-corrected chi connectivity index (χ0v) is 19.2. The Hall–Kier alpha value is -3.94. The van der Waals surface area contributed by atoms with Crippen LogP contribution in [0.4, 0.5) is 10.1 Å². The first kappa shape index (κ1) is 23.2. The second-order valence-corrected chi connectivity index (χ2v) is 8.20. The highest BCUT2D eigenvalue weighted by Crippen LogP contribution is 2.33. The van der Waals surface area contributed by atoms with E-state index in [0.717, 1.165) is 11.4 Å². The van der Waals surface area contributed by atoms with Crippen molar-refractivity contribution in [2.75, 3.05) is 25.2 Å². The number of halogens is 1. The summed E-state index contributed by atoms with van der Waals surface area (Å²) in [6, 6.07) is 14.8. The summed E-state index contributed by atoms with van der Waals surface area (Å²) < 4.78 is 25.7. The minimum atomic E-state index is -0.670. The van der Waals surface area contributed by atoms with Crippen LogP contribution in [0.2, 0.25) is 0 Å². The molecule has 1 fully saturated rings. The van der Waals surface area contributed by atoms with Gasteiger partial charge in [-0.25, -0.2) is 4.39 Å². The molecule has 0 bridgehead atoms. The average molecular weight is 464 g/mol. The van der Waals surface area contributed by atoms with Crippen molar-refractivity contribution in [1.29, 1.82) is 0 Å². The number of ketones is 1. The number of nitrogens with zero attached hydrogens (tertiary/aromatic N) is 2. The highest BCUT2D eigenvalue weighted by molar-refractivity contribution is 6.02. The van der Waals surface area contributed by atoms with Crippen LogP contribution < -0.4 is 9.64 Å². The van der Waals surface area contributed by atoms with Crippen molar-refractivity contribution in [2.45, 2.75) is 20.3 Å². The Morgan fingerprint density at radius 2 is 1.79 bits per heavy atom. The number of methoxy groups -OCH3 is 1. The van der Waals surface area contributed by atoms with E-state index in [9.17, 15) is 18.8 Å². The quantitative estimate of drug-likeness (QED) is 0.390. The molecule has 0 radical (unpaired) electrons. The van der Waals surface area contributed by atoms with Crippen LogP contribution in [-0.2, 0) is 14.3 Å². The molecule has 1 aromatic heterocycles. The van der Waals surface area contributed by atoms with Gasteiger partial charge in [0.1, 0.15) is 11.6 Å². The van der Waals surface area contributed by atoms with E-state index in [2.05, 4.69) is 0 Å². The summed E-state index contributed by atoms with van der Waals surface area (Å²) in [7, 11) is 1.52. The number of benzene rings is 2. The second-order valence-electron chi connectivity index (χ2n) is 8.20. The summed E-state index contributed by atoms with van der Waals surface area (Å²) in [4.78, 5) is 39.5. The third-order valence-corrected chi connectivity index (χ3v) is 6.00. The highest BCUT2D eigenvalue weighted by atomic mass is 19.1. The van der Waals surface area contributed by atoms with Crippen molar-refractivity contribution >= 4 is 23.3 Å².